The largest absolute Gasteiger partial charge is 0.347 e. The normalized spacial score (nSPS) is 27.9. The second-order valence-corrected chi connectivity index (χ2v) is 4.97. The highest BCUT2D eigenvalue weighted by atomic mass is 15.0. The predicted octanol–water partition coefficient (Wildman–Crippen LogP) is 3.03. The van der Waals surface area contributed by atoms with Gasteiger partial charge in [-0.3, -0.25) is 0 Å². The van der Waals surface area contributed by atoms with Crippen LogP contribution in [0.2, 0.25) is 0 Å². The third kappa shape index (κ3) is 2.64. The summed E-state index contributed by atoms with van der Waals surface area (Å²) >= 11 is 0. The molecule has 2 rings (SSSR count). The van der Waals surface area contributed by atoms with E-state index in [1.807, 2.05) is 12.4 Å². The number of imidazole rings is 1. The van der Waals surface area contributed by atoms with Crippen LogP contribution in [0.5, 0.6) is 0 Å². The number of aromatic amines is 1. The Balaban J connectivity index is 1.95. The van der Waals surface area contributed by atoms with E-state index in [2.05, 4.69) is 29.1 Å². The molecule has 0 saturated heterocycles. The Morgan fingerprint density at radius 3 is 2.94 bits per heavy atom. The number of nitrogens with one attached hydrogen (secondary N) is 2. The molecule has 16 heavy (non-hydrogen) atoms. The maximum Gasteiger partial charge on any atom is 0.123 e. The Morgan fingerprint density at radius 1 is 1.50 bits per heavy atom. The monoisotopic (exact) mass is 221 g/mol. The van der Waals surface area contributed by atoms with Gasteiger partial charge >= 0.3 is 0 Å². The molecule has 0 radical (unpaired) electrons. The Bertz CT molecular complexity index is 294. The zero-order valence-corrected chi connectivity index (χ0v) is 10.4. The topological polar surface area (TPSA) is 40.7 Å². The summed E-state index contributed by atoms with van der Waals surface area (Å²) in [5.41, 5.74) is 0. The van der Waals surface area contributed by atoms with E-state index in [1.54, 1.807) is 0 Å². The average Bonchev–Trinajstić information content (AvgIpc) is 2.81. The molecule has 0 aromatic carbocycles. The second kappa shape index (κ2) is 5.48. The molecule has 90 valence electrons. The van der Waals surface area contributed by atoms with Crippen LogP contribution in [0.15, 0.2) is 12.4 Å². The molecule has 1 aliphatic rings. The summed E-state index contributed by atoms with van der Waals surface area (Å²) in [6.45, 7) is 4.58. The fourth-order valence-corrected chi connectivity index (χ4v) is 2.68. The highest BCUT2D eigenvalue weighted by molar-refractivity contribution is 4.97. The molecule has 0 aliphatic heterocycles. The molecule has 1 heterocycles. The van der Waals surface area contributed by atoms with Crippen LogP contribution in [0, 0.1) is 5.92 Å². The van der Waals surface area contributed by atoms with Crippen molar-refractivity contribution in [3.05, 3.63) is 18.2 Å². The number of nitrogens with zero attached hydrogens (tertiary/aromatic N) is 1. The van der Waals surface area contributed by atoms with Gasteiger partial charge in [0.2, 0.25) is 0 Å². The van der Waals surface area contributed by atoms with Gasteiger partial charge in [0.1, 0.15) is 5.82 Å². The van der Waals surface area contributed by atoms with Crippen molar-refractivity contribution in [3.8, 4) is 0 Å². The van der Waals surface area contributed by atoms with Crippen LogP contribution in [0.3, 0.4) is 0 Å². The standard InChI is InChI=1S/C13H23N3/c1-3-11(13-14-8-9-15-13)16-12-7-5-4-6-10(12)2/h8-12,16H,3-7H2,1-2H3,(H,14,15). The Kier molecular flexibility index (Phi) is 3.99. The van der Waals surface area contributed by atoms with E-state index >= 15 is 0 Å². The van der Waals surface area contributed by atoms with Crippen LogP contribution in [0.1, 0.15) is 57.8 Å². The van der Waals surface area contributed by atoms with Gasteiger partial charge < -0.3 is 10.3 Å². The average molecular weight is 221 g/mol. The molecular weight excluding hydrogens is 198 g/mol. The lowest BCUT2D eigenvalue weighted by Gasteiger charge is -2.32. The lowest BCUT2D eigenvalue weighted by atomic mass is 9.85. The van der Waals surface area contributed by atoms with E-state index in [9.17, 15) is 0 Å². The minimum absolute atomic E-state index is 0.389. The number of aromatic nitrogens is 2. The molecule has 3 nitrogen and oxygen atoms in total. The molecule has 3 unspecified atom stereocenters. The van der Waals surface area contributed by atoms with Gasteiger partial charge in [0.05, 0.1) is 6.04 Å². The van der Waals surface area contributed by atoms with Crippen LogP contribution in [-0.4, -0.2) is 16.0 Å². The maximum absolute atomic E-state index is 4.36. The molecule has 0 spiro atoms. The van der Waals surface area contributed by atoms with Crippen molar-refractivity contribution in [2.75, 3.05) is 0 Å². The van der Waals surface area contributed by atoms with Crippen LogP contribution in [0.25, 0.3) is 0 Å². The summed E-state index contributed by atoms with van der Waals surface area (Å²) in [4.78, 5) is 7.58. The first-order valence-corrected chi connectivity index (χ1v) is 6.56. The van der Waals surface area contributed by atoms with Gasteiger partial charge in [-0.25, -0.2) is 4.98 Å². The zero-order valence-electron chi connectivity index (χ0n) is 10.4. The number of rotatable bonds is 4. The van der Waals surface area contributed by atoms with Crippen molar-refractivity contribution >= 4 is 0 Å². The molecule has 2 N–H and O–H groups in total. The maximum atomic E-state index is 4.36. The third-order valence-electron chi connectivity index (χ3n) is 3.78. The van der Waals surface area contributed by atoms with Gasteiger partial charge in [-0.15, -0.1) is 0 Å². The molecule has 3 heteroatoms. The highest BCUT2D eigenvalue weighted by Crippen LogP contribution is 2.26. The number of hydrogen-bond donors (Lipinski definition) is 2. The van der Waals surface area contributed by atoms with Crippen LogP contribution >= 0.6 is 0 Å². The summed E-state index contributed by atoms with van der Waals surface area (Å²) in [5, 5.41) is 3.76. The predicted molar refractivity (Wildman–Crippen MR) is 66.2 cm³/mol. The Hall–Kier alpha value is -0.830. The number of H-pyrrole nitrogens is 1. The van der Waals surface area contributed by atoms with Crippen molar-refractivity contribution in [1.82, 2.24) is 15.3 Å². The Labute approximate surface area is 98.1 Å². The summed E-state index contributed by atoms with van der Waals surface area (Å²) < 4.78 is 0. The lowest BCUT2D eigenvalue weighted by Crippen LogP contribution is -2.39. The van der Waals surface area contributed by atoms with Crippen molar-refractivity contribution in [1.29, 1.82) is 0 Å². The lowest BCUT2D eigenvalue weighted by molar-refractivity contribution is 0.253. The molecule has 3 atom stereocenters. The molecule has 0 amide bonds. The van der Waals surface area contributed by atoms with Gasteiger partial charge in [-0.05, 0) is 25.2 Å². The fraction of sp³-hybridized carbons (Fsp3) is 0.769. The van der Waals surface area contributed by atoms with E-state index in [0.717, 1.165) is 18.2 Å². The molecule has 1 aromatic heterocycles. The molecule has 1 fully saturated rings. The quantitative estimate of drug-likeness (QED) is 0.820. The van der Waals surface area contributed by atoms with Crippen molar-refractivity contribution in [3.63, 3.8) is 0 Å². The summed E-state index contributed by atoms with van der Waals surface area (Å²) in [6.07, 6.45) is 10.3. The van der Waals surface area contributed by atoms with E-state index in [-0.39, 0.29) is 0 Å². The van der Waals surface area contributed by atoms with E-state index < -0.39 is 0 Å². The summed E-state index contributed by atoms with van der Waals surface area (Å²) in [7, 11) is 0. The molecule has 1 aromatic rings. The SMILES string of the molecule is CCC(NC1CCCCC1C)c1ncc[nH]1. The van der Waals surface area contributed by atoms with E-state index in [4.69, 9.17) is 0 Å². The first-order valence-electron chi connectivity index (χ1n) is 6.56. The van der Waals surface area contributed by atoms with Gasteiger partial charge in [-0.1, -0.05) is 26.7 Å². The first kappa shape index (κ1) is 11.6. The van der Waals surface area contributed by atoms with E-state index in [1.165, 1.54) is 25.7 Å². The Morgan fingerprint density at radius 2 is 2.31 bits per heavy atom. The summed E-state index contributed by atoms with van der Waals surface area (Å²) in [6, 6.07) is 1.06. The molecular formula is C13H23N3. The van der Waals surface area contributed by atoms with Crippen molar-refractivity contribution < 1.29 is 0 Å². The van der Waals surface area contributed by atoms with Gasteiger partial charge in [-0.2, -0.15) is 0 Å². The van der Waals surface area contributed by atoms with Gasteiger partial charge in [0.15, 0.2) is 0 Å². The van der Waals surface area contributed by atoms with E-state index in [0.29, 0.717) is 12.1 Å². The van der Waals surface area contributed by atoms with Crippen LogP contribution in [0.4, 0.5) is 0 Å². The number of hydrogen-bond acceptors (Lipinski definition) is 2. The van der Waals surface area contributed by atoms with Gasteiger partial charge in [0.25, 0.3) is 0 Å². The molecule has 0 bridgehead atoms. The van der Waals surface area contributed by atoms with Crippen molar-refractivity contribution in [2.24, 2.45) is 5.92 Å². The molecule has 1 saturated carbocycles. The third-order valence-corrected chi connectivity index (χ3v) is 3.78. The highest BCUT2D eigenvalue weighted by Gasteiger charge is 2.24. The fourth-order valence-electron chi connectivity index (χ4n) is 2.68. The zero-order chi connectivity index (χ0) is 11.4. The second-order valence-electron chi connectivity index (χ2n) is 4.97. The minimum atomic E-state index is 0.389. The smallest absolute Gasteiger partial charge is 0.123 e. The van der Waals surface area contributed by atoms with Crippen molar-refractivity contribution in [2.45, 2.75) is 58.0 Å². The van der Waals surface area contributed by atoms with Crippen LogP contribution in [-0.2, 0) is 0 Å². The first-order chi connectivity index (χ1) is 7.81. The van der Waals surface area contributed by atoms with Gasteiger partial charge in [0, 0.05) is 18.4 Å². The summed E-state index contributed by atoms with van der Waals surface area (Å²) in [5.74, 6) is 1.89. The van der Waals surface area contributed by atoms with Crippen LogP contribution < -0.4 is 5.32 Å². The molecule has 1 aliphatic carbocycles. The minimum Gasteiger partial charge on any atom is -0.347 e.